The molecule has 0 radical (unpaired) electrons. The third kappa shape index (κ3) is 16.5. The number of allylic oxidation sites excluding steroid dienone is 4. The van der Waals surface area contributed by atoms with Crippen LogP contribution in [0.5, 0.6) is 11.5 Å². The molecule has 0 fully saturated rings. The topological polar surface area (TPSA) is 315 Å². The fourth-order valence-corrected chi connectivity index (χ4v) is 11.6. The molecule has 0 aliphatic carbocycles. The number of carbonyl (C=O) groups excluding carboxylic acids is 1. The van der Waals surface area contributed by atoms with E-state index in [-0.39, 0.29) is 42.8 Å². The zero-order valence-electron chi connectivity index (χ0n) is 45.4. The summed E-state index contributed by atoms with van der Waals surface area (Å²) in [5.41, 5.74) is 6.09. The van der Waals surface area contributed by atoms with Crippen molar-refractivity contribution in [3.63, 3.8) is 0 Å². The van der Waals surface area contributed by atoms with Gasteiger partial charge in [0.2, 0.25) is 22.9 Å². The zero-order valence-corrected chi connectivity index (χ0v) is 48.7. The highest BCUT2D eigenvalue weighted by molar-refractivity contribution is 7.94. The van der Waals surface area contributed by atoms with Crippen LogP contribution in [0.25, 0.3) is 45.5 Å². The van der Waals surface area contributed by atoms with Crippen molar-refractivity contribution in [2.24, 2.45) is 0 Å². The van der Waals surface area contributed by atoms with Gasteiger partial charge in [0.25, 0.3) is 41.4 Å². The summed E-state index contributed by atoms with van der Waals surface area (Å²) in [6.45, 7) is 5.02. The molecule has 444 valence electrons. The predicted octanol–water partition coefficient (Wildman–Crippen LogP) is 10.1. The molecule has 0 spiro atoms. The number of carboxylic acid groups (broad SMARTS) is 1. The van der Waals surface area contributed by atoms with Gasteiger partial charge in [-0.25, -0.2) is 5.26 Å². The molecular formula is C56H64N4O19S4+2. The van der Waals surface area contributed by atoms with E-state index in [1.54, 1.807) is 41.3 Å². The summed E-state index contributed by atoms with van der Waals surface area (Å²) < 4.78 is 135. The van der Waals surface area contributed by atoms with Crippen LogP contribution < -0.4 is 28.4 Å². The van der Waals surface area contributed by atoms with E-state index in [0.717, 1.165) is 48.7 Å². The summed E-state index contributed by atoms with van der Waals surface area (Å²) in [7, 11) is -13.2. The third-order valence-electron chi connectivity index (χ3n) is 13.8. The highest BCUT2D eigenvalue weighted by Gasteiger charge is 2.32. The van der Waals surface area contributed by atoms with Crippen LogP contribution in [-0.4, -0.2) is 86.1 Å². The second kappa shape index (κ2) is 27.6. The number of rotatable bonds is 31. The average Bonchev–Trinajstić information content (AvgIpc) is 4.30. The standard InChI is InChI=1S/C56H62N4O19S4/c1-3-38(30-52-57(23-9-5-6-11-27-61)44-19-17-42(80-79-78-64)36-50(44)76-52)32-54-59(25-12-28-81(65,66)67)46-34-40(15-21-48(46)74-54)41-16-22-49-47(35-41)60(26-13-29-82(68,69)70)55(75-49)33-39(4-2)31-53-58(24-10-7-8-14-56(62)63)45-20-18-43(83(71,72)73)37-51(45)77-53/h15-22,27,30-37H,3-14,23-26,28-29H2,1-2H3,(H3-2,62,63,64,65,66,67,68,69,70,71,72,73)/p+2. The number of aryl methyl sites for hydroxylation is 2. The molecular weight excluding hydrogens is 1160 g/mol. The molecule has 0 amide bonds. The van der Waals surface area contributed by atoms with Crippen LogP contribution in [0.4, 0.5) is 11.4 Å². The number of carboxylic acids is 1. The SMILES string of the molecule is CCC(=Cc1oc2cc(SOOO)ccc2[n+]1CCCCCC=O)C=C1Oc2ccc(-c3ccc4c(c3)N(CCCS(=O)(=O)O)C(=CC(=Cc3oc5cc(S(=O)(=O)O)ccc5[n+]3CCCCCC(=O)O)CC)O4)cc2N1CCCS(=O)(=O)O. The van der Waals surface area contributed by atoms with Gasteiger partial charge in [-0.1, -0.05) is 31.0 Å². The van der Waals surface area contributed by atoms with E-state index in [1.807, 2.05) is 70.4 Å². The van der Waals surface area contributed by atoms with Gasteiger partial charge in [0.1, 0.15) is 6.29 Å². The maximum atomic E-state index is 12.1. The third-order valence-corrected chi connectivity index (χ3v) is 16.8. The van der Waals surface area contributed by atoms with E-state index < -0.39 is 47.8 Å². The normalized spacial score (nSPS) is 15.0. The molecule has 0 saturated carbocycles. The Labute approximate surface area is 484 Å². The van der Waals surface area contributed by atoms with Gasteiger partial charge in [-0.3, -0.25) is 18.5 Å². The maximum Gasteiger partial charge on any atom is 0.374 e. The Morgan fingerprint density at radius 1 is 0.639 bits per heavy atom. The molecule has 2 aliphatic rings. The summed E-state index contributed by atoms with van der Waals surface area (Å²) in [4.78, 5) is 26.0. The first kappa shape index (κ1) is 62.1. The fraction of sp³-hybridized carbons (Fsp3) is 0.357. The highest BCUT2D eigenvalue weighted by Crippen LogP contribution is 2.46. The molecule has 27 heteroatoms. The number of hydrogen-bond acceptors (Lipinski definition) is 18. The number of aromatic nitrogens is 2. The van der Waals surface area contributed by atoms with Crippen molar-refractivity contribution < 1.29 is 95.7 Å². The van der Waals surface area contributed by atoms with E-state index in [0.29, 0.717) is 131 Å². The molecule has 0 saturated heterocycles. The van der Waals surface area contributed by atoms with Crippen molar-refractivity contribution >= 4 is 100 Å². The van der Waals surface area contributed by atoms with Crippen LogP contribution in [0.3, 0.4) is 0 Å². The molecule has 0 bridgehead atoms. The minimum Gasteiger partial charge on any atom is -0.481 e. The molecule has 6 aromatic rings. The van der Waals surface area contributed by atoms with Crippen LogP contribution in [0, 0.1) is 0 Å². The highest BCUT2D eigenvalue weighted by atomic mass is 32.2. The lowest BCUT2D eigenvalue weighted by atomic mass is 10.0. The maximum absolute atomic E-state index is 12.1. The van der Waals surface area contributed by atoms with Crippen molar-refractivity contribution in [1.82, 2.24) is 0 Å². The smallest absolute Gasteiger partial charge is 0.374 e. The quantitative estimate of drug-likeness (QED) is 0.00514. The van der Waals surface area contributed by atoms with Crippen LogP contribution in [0.15, 0.2) is 126 Å². The van der Waals surface area contributed by atoms with E-state index in [1.165, 1.54) is 18.2 Å². The number of carbonyl (C=O) groups is 2. The summed E-state index contributed by atoms with van der Waals surface area (Å²) in [6.07, 6.45) is 13.5. The van der Waals surface area contributed by atoms with Gasteiger partial charge in [-0.05, 0) is 110 Å². The van der Waals surface area contributed by atoms with Crippen molar-refractivity contribution in [1.29, 1.82) is 0 Å². The Kier molecular flexibility index (Phi) is 20.7. The molecule has 5 N–H and O–H groups in total. The number of nitrogens with zero attached hydrogens (tertiary/aromatic N) is 4. The number of benzene rings is 4. The second-order valence-corrected chi connectivity index (χ2v) is 25.0. The van der Waals surface area contributed by atoms with Crippen molar-refractivity contribution in [3.05, 3.63) is 120 Å². The van der Waals surface area contributed by atoms with Gasteiger partial charge < -0.3 is 38.0 Å². The second-order valence-electron chi connectivity index (χ2n) is 19.6. The lowest BCUT2D eigenvalue weighted by molar-refractivity contribution is -0.678. The number of anilines is 2. The van der Waals surface area contributed by atoms with Crippen LogP contribution >= 0.6 is 12.0 Å². The minimum absolute atomic E-state index is 0.00351. The first-order valence-electron chi connectivity index (χ1n) is 26.8. The summed E-state index contributed by atoms with van der Waals surface area (Å²) in [5.74, 6) is 0.498. The van der Waals surface area contributed by atoms with Crippen LogP contribution in [0.2, 0.25) is 0 Å². The largest absolute Gasteiger partial charge is 0.481 e. The molecule has 4 heterocycles. The number of aldehydes is 1. The molecule has 8 rings (SSSR count). The summed E-state index contributed by atoms with van der Waals surface area (Å²) >= 11 is 0.792. The first-order chi connectivity index (χ1) is 39.6. The van der Waals surface area contributed by atoms with E-state index in [9.17, 15) is 48.5 Å². The Balaban J connectivity index is 1.13. The Morgan fingerprint density at radius 3 is 1.61 bits per heavy atom. The molecule has 0 atom stereocenters. The number of unbranched alkanes of at least 4 members (excludes halogenated alkanes) is 5. The van der Waals surface area contributed by atoms with Crippen LogP contribution in [-0.2, 0) is 62.4 Å². The Hall–Kier alpha value is -6.92. The Bertz CT molecular complexity index is 3850. The van der Waals surface area contributed by atoms with Crippen molar-refractivity contribution in [2.45, 2.75) is 114 Å². The van der Waals surface area contributed by atoms with Crippen molar-refractivity contribution in [2.75, 3.05) is 34.4 Å². The van der Waals surface area contributed by atoms with Gasteiger partial charge in [-0.15, -0.1) is 4.33 Å². The number of ether oxygens (including phenoxy) is 2. The number of aliphatic carboxylic acids is 1. The minimum atomic E-state index is -4.57. The fourth-order valence-electron chi connectivity index (χ4n) is 9.68. The van der Waals surface area contributed by atoms with E-state index >= 15 is 0 Å². The number of oxazole rings is 2. The average molecular weight is 1230 g/mol. The van der Waals surface area contributed by atoms with Crippen molar-refractivity contribution in [3.8, 4) is 22.6 Å². The Morgan fingerprint density at radius 2 is 1.14 bits per heavy atom. The van der Waals surface area contributed by atoms with Gasteiger partial charge in [0.15, 0.2) is 24.6 Å². The van der Waals surface area contributed by atoms with Gasteiger partial charge >= 0.3 is 17.8 Å². The number of fused-ring (bicyclic) bond motifs is 4. The molecule has 83 heavy (non-hydrogen) atoms. The van der Waals surface area contributed by atoms with E-state index in [4.69, 9.17) is 28.7 Å². The molecule has 23 nitrogen and oxygen atoms in total. The summed E-state index contributed by atoms with van der Waals surface area (Å²) in [6, 6.07) is 20.4. The van der Waals surface area contributed by atoms with Gasteiger partial charge in [-0.2, -0.15) is 34.4 Å². The molecule has 2 aliphatic heterocycles. The molecule has 0 unspecified atom stereocenters. The lowest BCUT2D eigenvalue weighted by Gasteiger charge is -2.20. The molecule has 4 aromatic carbocycles. The zero-order chi connectivity index (χ0) is 59.5. The van der Waals surface area contributed by atoms with Gasteiger partial charge in [0, 0.05) is 80.1 Å². The predicted molar refractivity (Wildman–Crippen MR) is 307 cm³/mol. The van der Waals surface area contributed by atoms with E-state index in [2.05, 4.69) is 9.37 Å². The number of hydrogen-bond donors (Lipinski definition) is 5. The first-order valence-corrected chi connectivity index (χ1v) is 32.2. The summed E-state index contributed by atoms with van der Waals surface area (Å²) in [5, 5.41) is 21.7. The monoisotopic (exact) mass is 1220 g/mol. The lowest BCUT2D eigenvalue weighted by Crippen LogP contribution is -2.35. The molecule has 2 aromatic heterocycles. The van der Waals surface area contributed by atoms with Gasteiger partial charge in [0.05, 0.1) is 52.0 Å². The van der Waals surface area contributed by atoms with Crippen LogP contribution in [0.1, 0.15) is 103 Å².